The first-order valence-electron chi connectivity index (χ1n) is 7.00. The lowest BCUT2D eigenvalue weighted by molar-refractivity contribution is -0.124. The Morgan fingerprint density at radius 3 is 2.35 bits per heavy atom. The van der Waals surface area contributed by atoms with Gasteiger partial charge in [0.15, 0.2) is 0 Å². The van der Waals surface area contributed by atoms with E-state index in [1.54, 1.807) is 6.92 Å². The average Bonchev–Trinajstić information content (AvgIpc) is 2.70. The van der Waals surface area contributed by atoms with E-state index < -0.39 is 28.9 Å². The molecule has 1 aliphatic rings. The van der Waals surface area contributed by atoms with Crippen LogP contribution in [0.1, 0.15) is 18.1 Å². The second-order valence-corrected chi connectivity index (χ2v) is 5.65. The van der Waals surface area contributed by atoms with Crippen molar-refractivity contribution in [1.29, 1.82) is 0 Å². The zero-order valence-corrected chi connectivity index (χ0v) is 12.3. The Morgan fingerprint density at radius 1 is 1.13 bits per heavy atom. The molecule has 118 valence electrons. The molecule has 0 saturated heterocycles. The first kappa shape index (κ1) is 15.1. The SMILES string of the molecule is C[C@]1(c2ccc(F)cc2)C(=O)N(CC(N)=O)c2ccc(F)cc21. The van der Waals surface area contributed by atoms with Gasteiger partial charge in [-0.2, -0.15) is 0 Å². The molecule has 0 aliphatic carbocycles. The van der Waals surface area contributed by atoms with Crippen molar-refractivity contribution in [3.05, 3.63) is 65.2 Å². The topological polar surface area (TPSA) is 63.4 Å². The smallest absolute Gasteiger partial charge is 0.242 e. The van der Waals surface area contributed by atoms with Crippen molar-refractivity contribution in [2.24, 2.45) is 5.73 Å². The number of nitrogens with two attached hydrogens (primary N) is 1. The van der Waals surface area contributed by atoms with Crippen LogP contribution in [0.4, 0.5) is 14.5 Å². The number of hydrogen-bond donors (Lipinski definition) is 1. The molecule has 6 heteroatoms. The van der Waals surface area contributed by atoms with Crippen LogP contribution in [0.2, 0.25) is 0 Å². The van der Waals surface area contributed by atoms with E-state index in [0.717, 1.165) is 0 Å². The van der Waals surface area contributed by atoms with E-state index in [1.807, 2.05) is 0 Å². The van der Waals surface area contributed by atoms with Gasteiger partial charge in [0.25, 0.3) is 0 Å². The number of halogens is 2. The normalized spacial score (nSPS) is 19.8. The fraction of sp³-hybridized carbons (Fsp3) is 0.176. The van der Waals surface area contributed by atoms with Crippen molar-refractivity contribution < 1.29 is 18.4 Å². The molecule has 1 heterocycles. The lowest BCUT2D eigenvalue weighted by Gasteiger charge is -2.24. The van der Waals surface area contributed by atoms with Crippen LogP contribution in [0, 0.1) is 11.6 Å². The van der Waals surface area contributed by atoms with E-state index in [2.05, 4.69) is 0 Å². The number of carbonyl (C=O) groups excluding carboxylic acids is 2. The van der Waals surface area contributed by atoms with Gasteiger partial charge in [0.2, 0.25) is 11.8 Å². The summed E-state index contributed by atoms with van der Waals surface area (Å²) in [6, 6.07) is 9.37. The maximum atomic E-state index is 13.7. The maximum absolute atomic E-state index is 13.7. The molecule has 2 aromatic carbocycles. The van der Waals surface area contributed by atoms with Gasteiger partial charge in [-0.15, -0.1) is 0 Å². The first-order chi connectivity index (χ1) is 10.8. The molecule has 23 heavy (non-hydrogen) atoms. The summed E-state index contributed by atoms with van der Waals surface area (Å²) < 4.78 is 26.9. The highest BCUT2D eigenvalue weighted by Crippen LogP contribution is 2.46. The molecule has 0 aromatic heterocycles. The van der Waals surface area contributed by atoms with Crippen LogP contribution in [-0.4, -0.2) is 18.4 Å². The number of rotatable bonds is 3. The van der Waals surface area contributed by atoms with Crippen LogP contribution in [0.5, 0.6) is 0 Å². The predicted molar refractivity (Wildman–Crippen MR) is 80.8 cm³/mol. The fourth-order valence-electron chi connectivity index (χ4n) is 3.01. The molecule has 0 bridgehead atoms. The van der Waals surface area contributed by atoms with Gasteiger partial charge in [0.05, 0.1) is 5.41 Å². The first-order valence-corrected chi connectivity index (χ1v) is 7.00. The third-order valence-electron chi connectivity index (χ3n) is 4.20. The predicted octanol–water partition coefficient (Wildman–Crippen LogP) is 2.10. The molecule has 0 radical (unpaired) electrons. The van der Waals surface area contributed by atoms with Crippen molar-refractivity contribution in [1.82, 2.24) is 0 Å². The van der Waals surface area contributed by atoms with Gasteiger partial charge in [-0.25, -0.2) is 8.78 Å². The highest BCUT2D eigenvalue weighted by Gasteiger charge is 2.49. The van der Waals surface area contributed by atoms with Crippen LogP contribution in [-0.2, 0) is 15.0 Å². The molecule has 2 N–H and O–H groups in total. The summed E-state index contributed by atoms with van der Waals surface area (Å²) >= 11 is 0. The number of fused-ring (bicyclic) bond motifs is 1. The lowest BCUT2D eigenvalue weighted by atomic mass is 9.77. The Balaban J connectivity index is 2.21. The molecule has 0 spiro atoms. The average molecular weight is 316 g/mol. The quantitative estimate of drug-likeness (QED) is 0.942. The third-order valence-corrected chi connectivity index (χ3v) is 4.20. The van der Waals surface area contributed by atoms with Crippen molar-refractivity contribution >= 4 is 17.5 Å². The zero-order chi connectivity index (χ0) is 16.8. The molecule has 0 fully saturated rings. The number of hydrogen-bond acceptors (Lipinski definition) is 2. The van der Waals surface area contributed by atoms with E-state index in [4.69, 9.17) is 5.73 Å². The van der Waals surface area contributed by atoms with Gasteiger partial charge in [-0.05, 0) is 48.4 Å². The standard InChI is InChI=1S/C17H14F2N2O2/c1-17(10-2-4-11(18)5-3-10)13-8-12(19)6-7-14(13)21(16(17)23)9-15(20)22/h2-8H,9H2,1H3,(H2,20,22)/t17-/m1/s1. The summed E-state index contributed by atoms with van der Waals surface area (Å²) in [6.45, 7) is 1.33. The van der Waals surface area contributed by atoms with Gasteiger partial charge in [0, 0.05) is 5.69 Å². The van der Waals surface area contributed by atoms with Gasteiger partial charge < -0.3 is 10.6 Å². The van der Waals surface area contributed by atoms with Crippen LogP contribution in [0.3, 0.4) is 0 Å². The number of anilines is 1. The largest absolute Gasteiger partial charge is 0.368 e. The van der Waals surface area contributed by atoms with Crippen LogP contribution in [0.25, 0.3) is 0 Å². The number of amides is 2. The van der Waals surface area contributed by atoms with E-state index in [1.165, 1.54) is 47.4 Å². The summed E-state index contributed by atoms with van der Waals surface area (Å²) in [7, 11) is 0. The van der Waals surface area contributed by atoms with Crippen molar-refractivity contribution in [2.75, 3.05) is 11.4 Å². The molecule has 2 amide bonds. The second-order valence-electron chi connectivity index (χ2n) is 5.65. The Labute approximate surface area is 131 Å². The van der Waals surface area contributed by atoms with Crippen LogP contribution < -0.4 is 10.6 Å². The summed E-state index contributed by atoms with van der Waals surface area (Å²) in [6.07, 6.45) is 0. The number of benzene rings is 2. The van der Waals surface area contributed by atoms with Gasteiger partial charge in [-0.3, -0.25) is 9.59 Å². The summed E-state index contributed by atoms with van der Waals surface area (Å²) in [4.78, 5) is 25.4. The molecule has 0 saturated carbocycles. The minimum absolute atomic E-state index is 0.297. The highest BCUT2D eigenvalue weighted by atomic mass is 19.1. The minimum Gasteiger partial charge on any atom is -0.368 e. The number of primary amides is 1. The summed E-state index contributed by atoms with van der Waals surface area (Å²) in [5.74, 6) is -2.00. The van der Waals surface area contributed by atoms with Gasteiger partial charge in [0.1, 0.15) is 18.2 Å². The summed E-state index contributed by atoms with van der Waals surface area (Å²) in [5.41, 5.74) is 5.38. The van der Waals surface area contributed by atoms with E-state index in [-0.39, 0.29) is 6.54 Å². The highest BCUT2D eigenvalue weighted by molar-refractivity contribution is 6.12. The minimum atomic E-state index is -1.21. The Hall–Kier alpha value is -2.76. The molecule has 1 atom stereocenters. The maximum Gasteiger partial charge on any atom is 0.242 e. The monoisotopic (exact) mass is 316 g/mol. The number of nitrogens with zero attached hydrogens (tertiary/aromatic N) is 1. The van der Waals surface area contributed by atoms with E-state index >= 15 is 0 Å². The Bertz CT molecular complexity index is 805. The molecule has 4 nitrogen and oxygen atoms in total. The van der Waals surface area contributed by atoms with E-state index in [9.17, 15) is 18.4 Å². The lowest BCUT2D eigenvalue weighted by Crippen LogP contribution is -2.42. The summed E-state index contributed by atoms with van der Waals surface area (Å²) in [5, 5.41) is 0. The molecular formula is C17H14F2N2O2. The Morgan fingerprint density at radius 2 is 1.74 bits per heavy atom. The van der Waals surface area contributed by atoms with Crippen molar-refractivity contribution in [3.63, 3.8) is 0 Å². The second kappa shape index (κ2) is 5.15. The Kier molecular flexibility index (Phi) is 3.39. The molecule has 0 unspecified atom stereocenters. The fourth-order valence-corrected chi connectivity index (χ4v) is 3.01. The molecule has 2 aromatic rings. The molecule has 3 rings (SSSR count). The van der Waals surface area contributed by atoms with Crippen LogP contribution in [0.15, 0.2) is 42.5 Å². The molecular weight excluding hydrogens is 302 g/mol. The van der Waals surface area contributed by atoms with Gasteiger partial charge >= 0.3 is 0 Å². The van der Waals surface area contributed by atoms with E-state index in [0.29, 0.717) is 16.8 Å². The third kappa shape index (κ3) is 2.27. The molecule has 1 aliphatic heterocycles. The van der Waals surface area contributed by atoms with Crippen LogP contribution >= 0.6 is 0 Å². The van der Waals surface area contributed by atoms with Crippen molar-refractivity contribution in [2.45, 2.75) is 12.3 Å². The number of carbonyl (C=O) groups is 2. The van der Waals surface area contributed by atoms with Gasteiger partial charge in [-0.1, -0.05) is 12.1 Å². The zero-order valence-electron chi connectivity index (χ0n) is 12.3. The van der Waals surface area contributed by atoms with Crippen molar-refractivity contribution in [3.8, 4) is 0 Å².